The number of benzene rings is 1. The van der Waals surface area contributed by atoms with Crippen molar-refractivity contribution < 1.29 is 9.47 Å². The molecule has 1 aromatic carbocycles. The molecule has 0 radical (unpaired) electrons. The first-order chi connectivity index (χ1) is 12.7. The zero-order valence-corrected chi connectivity index (χ0v) is 15.4. The summed E-state index contributed by atoms with van der Waals surface area (Å²) in [4.78, 5) is 0. The minimum Gasteiger partial charge on any atom is -0.351 e. The monoisotopic (exact) mass is 351 g/mol. The summed E-state index contributed by atoms with van der Waals surface area (Å²) in [6, 6.07) is 6.36. The number of nitrogens with zero attached hydrogens (tertiary/aromatic N) is 3. The van der Waals surface area contributed by atoms with Gasteiger partial charge in [-0.15, -0.1) is 5.10 Å². The topological polar surface area (TPSA) is 49.2 Å². The third kappa shape index (κ3) is 3.98. The summed E-state index contributed by atoms with van der Waals surface area (Å²) in [5, 5.41) is 8.63. The first-order valence-electron chi connectivity index (χ1n) is 9.45. The molecule has 1 saturated carbocycles. The van der Waals surface area contributed by atoms with Gasteiger partial charge in [0.05, 0.1) is 25.5 Å². The standard InChI is InChI=1S/C21H25N3O2/c1-15-18(10-9-17-7-8-17)5-3-6-19(15)16(2)20-13-24(23-22-20)14-21-25-11-4-12-26-21/h3,5-6,13,16-17,21H,4,7-8,11-12,14H2,1-2H3. The van der Waals surface area contributed by atoms with Crippen LogP contribution < -0.4 is 0 Å². The minimum absolute atomic E-state index is 0.166. The minimum atomic E-state index is -0.226. The molecule has 5 heteroatoms. The average molecular weight is 351 g/mol. The van der Waals surface area contributed by atoms with Gasteiger partial charge in [-0.05, 0) is 43.4 Å². The molecule has 0 spiro atoms. The second-order valence-corrected chi connectivity index (χ2v) is 7.18. The Bertz CT molecular complexity index is 823. The fraction of sp³-hybridized carbons (Fsp3) is 0.524. The Hall–Kier alpha value is -2.16. The molecule has 1 aromatic heterocycles. The van der Waals surface area contributed by atoms with E-state index in [1.54, 1.807) is 0 Å². The van der Waals surface area contributed by atoms with Gasteiger partial charge in [0.15, 0.2) is 6.29 Å². The zero-order chi connectivity index (χ0) is 17.9. The van der Waals surface area contributed by atoms with Crippen molar-refractivity contribution in [3.05, 3.63) is 46.8 Å². The highest BCUT2D eigenvalue weighted by Gasteiger charge is 2.20. The molecule has 5 nitrogen and oxygen atoms in total. The molecule has 2 aliphatic rings. The third-order valence-electron chi connectivity index (χ3n) is 5.06. The Kier molecular flexibility index (Phi) is 5.05. The molecular weight excluding hydrogens is 326 g/mol. The molecule has 2 fully saturated rings. The van der Waals surface area contributed by atoms with Crippen LogP contribution in [0, 0.1) is 24.7 Å². The lowest BCUT2D eigenvalue weighted by molar-refractivity contribution is -0.185. The summed E-state index contributed by atoms with van der Waals surface area (Å²) in [5.74, 6) is 7.49. The van der Waals surface area contributed by atoms with Crippen LogP contribution in [-0.4, -0.2) is 34.5 Å². The second kappa shape index (κ2) is 7.61. The van der Waals surface area contributed by atoms with E-state index in [-0.39, 0.29) is 12.2 Å². The second-order valence-electron chi connectivity index (χ2n) is 7.18. The lowest BCUT2D eigenvalue weighted by Gasteiger charge is -2.22. The summed E-state index contributed by atoms with van der Waals surface area (Å²) in [5.41, 5.74) is 4.57. The highest BCUT2D eigenvalue weighted by atomic mass is 16.7. The predicted molar refractivity (Wildman–Crippen MR) is 98.6 cm³/mol. The van der Waals surface area contributed by atoms with Crippen LogP contribution in [0.25, 0.3) is 0 Å². The van der Waals surface area contributed by atoms with Gasteiger partial charge in [-0.2, -0.15) is 0 Å². The number of hydrogen-bond acceptors (Lipinski definition) is 4. The fourth-order valence-electron chi connectivity index (χ4n) is 3.22. The van der Waals surface area contributed by atoms with E-state index in [1.807, 2.05) is 10.9 Å². The molecule has 0 N–H and O–H groups in total. The van der Waals surface area contributed by atoms with Gasteiger partial charge in [0.25, 0.3) is 0 Å². The van der Waals surface area contributed by atoms with E-state index >= 15 is 0 Å². The molecule has 0 bridgehead atoms. The Labute approximate surface area is 154 Å². The van der Waals surface area contributed by atoms with E-state index in [1.165, 1.54) is 24.0 Å². The first kappa shape index (κ1) is 17.3. The van der Waals surface area contributed by atoms with E-state index < -0.39 is 0 Å². The molecule has 1 saturated heterocycles. The van der Waals surface area contributed by atoms with Crippen LogP contribution in [0.1, 0.15) is 54.5 Å². The molecule has 1 aliphatic heterocycles. The molecular formula is C21H25N3O2. The van der Waals surface area contributed by atoms with Gasteiger partial charge in [0.2, 0.25) is 0 Å². The van der Waals surface area contributed by atoms with Crippen molar-refractivity contribution >= 4 is 0 Å². The maximum Gasteiger partial charge on any atom is 0.177 e. The lowest BCUT2D eigenvalue weighted by atomic mass is 9.91. The molecule has 26 heavy (non-hydrogen) atoms. The van der Waals surface area contributed by atoms with Crippen LogP contribution >= 0.6 is 0 Å². The van der Waals surface area contributed by atoms with Crippen molar-refractivity contribution in [1.82, 2.24) is 15.0 Å². The van der Waals surface area contributed by atoms with Crippen LogP contribution in [0.15, 0.2) is 24.4 Å². The summed E-state index contributed by atoms with van der Waals surface area (Å²) in [6.45, 7) is 6.39. The quantitative estimate of drug-likeness (QED) is 0.794. The van der Waals surface area contributed by atoms with Gasteiger partial charge in [-0.25, -0.2) is 4.68 Å². The molecule has 0 amide bonds. The van der Waals surface area contributed by atoms with Crippen LogP contribution in [0.2, 0.25) is 0 Å². The van der Waals surface area contributed by atoms with Crippen LogP contribution in [0.4, 0.5) is 0 Å². The summed E-state index contributed by atoms with van der Waals surface area (Å²) >= 11 is 0. The Morgan fingerprint density at radius 2 is 2.08 bits per heavy atom. The maximum absolute atomic E-state index is 5.60. The first-order valence-corrected chi connectivity index (χ1v) is 9.45. The van der Waals surface area contributed by atoms with Gasteiger partial charge in [-0.1, -0.05) is 36.1 Å². The normalized spacial score (nSPS) is 19.0. The highest BCUT2D eigenvalue weighted by molar-refractivity contribution is 5.47. The maximum atomic E-state index is 5.60. The smallest absolute Gasteiger partial charge is 0.177 e. The Morgan fingerprint density at radius 3 is 2.85 bits per heavy atom. The van der Waals surface area contributed by atoms with Crippen LogP contribution in [0.3, 0.4) is 0 Å². The van der Waals surface area contributed by atoms with E-state index in [0.29, 0.717) is 12.5 Å². The SMILES string of the molecule is Cc1c(C#CC2CC2)cccc1C(C)c1cn(CC2OCCCO2)nn1. The lowest BCUT2D eigenvalue weighted by Crippen LogP contribution is -2.29. The molecule has 2 aromatic rings. The van der Waals surface area contributed by atoms with Crippen molar-refractivity contribution in [2.45, 2.75) is 51.9 Å². The fourth-order valence-corrected chi connectivity index (χ4v) is 3.22. The number of hydrogen-bond donors (Lipinski definition) is 0. The summed E-state index contributed by atoms with van der Waals surface area (Å²) in [7, 11) is 0. The average Bonchev–Trinajstić information content (AvgIpc) is 3.38. The summed E-state index contributed by atoms with van der Waals surface area (Å²) < 4.78 is 13.0. The van der Waals surface area contributed by atoms with Gasteiger partial charge in [0.1, 0.15) is 0 Å². The van der Waals surface area contributed by atoms with Gasteiger partial charge >= 0.3 is 0 Å². The van der Waals surface area contributed by atoms with Gasteiger partial charge in [-0.3, -0.25) is 0 Å². The van der Waals surface area contributed by atoms with E-state index in [0.717, 1.165) is 30.9 Å². The molecule has 4 rings (SSSR count). The van der Waals surface area contributed by atoms with E-state index in [2.05, 4.69) is 54.2 Å². The van der Waals surface area contributed by atoms with E-state index in [4.69, 9.17) is 9.47 Å². The Morgan fingerprint density at radius 1 is 1.27 bits per heavy atom. The number of aromatic nitrogens is 3. The van der Waals surface area contributed by atoms with Gasteiger partial charge in [0, 0.05) is 23.6 Å². The molecule has 1 aliphatic carbocycles. The molecule has 2 heterocycles. The van der Waals surface area contributed by atoms with Crippen molar-refractivity contribution in [3.63, 3.8) is 0 Å². The van der Waals surface area contributed by atoms with Crippen LogP contribution in [-0.2, 0) is 16.0 Å². The Balaban J connectivity index is 1.49. The number of ether oxygens (including phenoxy) is 2. The molecule has 1 atom stereocenters. The molecule has 1 unspecified atom stereocenters. The van der Waals surface area contributed by atoms with Crippen molar-refractivity contribution in [1.29, 1.82) is 0 Å². The van der Waals surface area contributed by atoms with Crippen molar-refractivity contribution in [2.24, 2.45) is 5.92 Å². The highest BCUT2D eigenvalue weighted by Crippen LogP contribution is 2.29. The van der Waals surface area contributed by atoms with Crippen LogP contribution in [0.5, 0.6) is 0 Å². The summed E-state index contributed by atoms with van der Waals surface area (Å²) in [6.07, 6.45) is 5.22. The van der Waals surface area contributed by atoms with E-state index in [9.17, 15) is 0 Å². The third-order valence-corrected chi connectivity index (χ3v) is 5.06. The molecule has 136 valence electrons. The largest absolute Gasteiger partial charge is 0.351 e. The van der Waals surface area contributed by atoms with Crippen molar-refractivity contribution in [2.75, 3.05) is 13.2 Å². The number of rotatable bonds is 4. The predicted octanol–water partition coefficient (Wildman–Crippen LogP) is 3.26. The van der Waals surface area contributed by atoms with Crippen molar-refractivity contribution in [3.8, 4) is 11.8 Å². The zero-order valence-electron chi connectivity index (χ0n) is 15.4. The van der Waals surface area contributed by atoms with Gasteiger partial charge < -0.3 is 9.47 Å².